The van der Waals surface area contributed by atoms with Crippen LogP contribution in [-0.4, -0.2) is 24.0 Å². The van der Waals surface area contributed by atoms with Crippen molar-refractivity contribution in [2.45, 2.75) is 58.0 Å². The van der Waals surface area contributed by atoms with Crippen LogP contribution in [0.25, 0.3) is 0 Å². The van der Waals surface area contributed by atoms with E-state index in [2.05, 4.69) is 25.8 Å². The lowest BCUT2D eigenvalue weighted by Crippen LogP contribution is -2.50. The molecule has 2 aliphatic heterocycles. The van der Waals surface area contributed by atoms with Gasteiger partial charge in [0.2, 0.25) is 0 Å². The molecule has 2 bridgehead atoms. The van der Waals surface area contributed by atoms with Crippen molar-refractivity contribution < 1.29 is 0 Å². The van der Waals surface area contributed by atoms with Crippen LogP contribution in [0.3, 0.4) is 0 Å². The lowest BCUT2D eigenvalue weighted by atomic mass is 9.74. The molecule has 2 aliphatic rings. The highest BCUT2D eigenvalue weighted by Crippen LogP contribution is 2.38. The van der Waals surface area contributed by atoms with Gasteiger partial charge >= 0.3 is 0 Å². The topological polar surface area (TPSA) is 3.24 Å². The van der Waals surface area contributed by atoms with Crippen molar-refractivity contribution in [3.63, 3.8) is 0 Å². The van der Waals surface area contributed by atoms with E-state index in [0.717, 1.165) is 23.9 Å². The monoisotopic (exact) mass is 181 g/mol. The van der Waals surface area contributed by atoms with Gasteiger partial charge in [0.15, 0.2) is 0 Å². The molecule has 13 heavy (non-hydrogen) atoms. The van der Waals surface area contributed by atoms with Gasteiger partial charge in [0, 0.05) is 12.1 Å². The van der Waals surface area contributed by atoms with Crippen LogP contribution in [0.1, 0.15) is 46.0 Å². The van der Waals surface area contributed by atoms with E-state index in [1.54, 1.807) is 0 Å². The third kappa shape index (κ3) is 1.76. The maximum absolute atomic E-state index is 2.66. The molecule has 0 spiro atoms. The van der Waals surface area contributed by atoms with E-state index in [4.69, 9.17) is 0 Å². The maximum Gasteiger partial charge on any atom is 0.00979 e. The summed E-state index contributed by atoms with van der Waals surface area (Å²) >= 11 is 0. The molecule has 2 saturated heterocycles. The van der Waals surface area contributed by atoms with Crippen LogP contribution < -0.4 is 0 Å². The molecule has 1 nitrogen and oxygen atoms in total. The molecule has 0 aromatic carbocycles. The first-order valence-electron chi connectivity index (χ1n) is 5.90. The van der Waals surface area contributed by atoms with E-state index >= 15 is 0 Å². The fourth-order valence-electron chi connectivity index (χ4n) is 3.20. The highest BCUT2D eigenvalue weighted by Gasteiger charge is 2.36. The van der Waals surface area contributed by atoms with Gasteiger partial charge in [-0.15, -0.1) is 0 Å². The van der Waals surface area contributed by atoms with Crippen molar-refractivity contribution in [1.82, 2.24) is 4.90 Å². The summed E-state index contributed by atoms with van der Waals surface area (Å²) < 4.78 is 0. The molecule has 1 unspecified atom stereocenters. The van der Waals surface area contributed by atoms with Crippen LogP contribution >= 0.6 is 0 Å². The van der Waals surface area contributed by atoms with E-state index in [1.165, 1.54) is 32.1 Å². The highest BCUT2D eigenvalue weighted by atomic mass is 15.2. The van der Waals surface area contributed by atoms with Gasteiger partial charge < -0.3 is 4.90 Å². The van der Waals surface area contributed by atoms with Gasteiger partial charge in [-0.1, -0.05) is 20.3 Å². The zero-order valence-corrected chi connectivity index (χ0v) is 9.29. The molecule has 0 N–H and O–H groups in total. The third-order valence-electron chi connectivity index (χ3n) is 4.32. The minimum atomic E-state index is 0.900. The van der Waals surface area contributed by atoms with Gasteiger partial charge in [-0.2, -0.15) is 0 Å². The van der Waals surface area contributed by atoms with Gasteiger partial charge in [0.1, 0.15) is 0 Å². The molecule has 0 radical (unpaired) electrons. The third-order valence-corrected chi connectivity index (χ3v) is 4.32. The van der Waals surface area contributed by atoms with Gasteiger partial charge in [-0.25, -0.2) is 0 Å². The predicted molar refractivity (Wildman–Crippen MR) is 56.8 cm³/mol. The molecule has 2 heterocycles. The predicted octanol–water partition coefficient (Wildman–Crippen LogP) is 2.91. The molecule has 0 aromatic heterocycles. The molecule has 3 atom stereocenters. The van der Waals surface area contributed by atoms with Gasteiger partial charge in [-0.3, -0.25) is 0 Å². The van der Waals surface area contributed by atoms with Crippen molar-refractivity contribution in [2.75, 3.05) is 7.05 Å². The molecular formula is C12H23N. The largest absolute Gasteiger partial charge is 0.300 e. The Balaban J connectivity index is 2.03. The zero-order chi connectivity index (χ0) is 9.42. The number of nitrogens with zero attached hydrogens (tertiary/aromatic N) is 1. The Bertz CT molecular complexity index is 162. The second-order valence-corrected chi connectivity index (χ2v) is 5.38. The number of fused-ring (bicyclic) bond motifs is 2. The normalized spacial score (nSPS) is 41.1. The number of piperidine rings is 2. The fraction of sp³-hybridized carbons (Fsp3) is 1.00. The molecule has 0 aliphatic carbocycles. The van der Waals surface area contributed by atoms with Crippen molar-refractivity contribution in [3.8, 4) is 0 Å². The lowest BCUT2D eigenvalue weighted by Gasteiger charge is -2.48. The summed E-state index contributed by atoms with van der Waals surface area (Å²) in [7, 11) is 2.34. The molecule has 1 heteroatoms. The summed E-state index contributed by atoms with van der Waals surface area (Å²) in [4.78, 5) is 2.66. The first-order valence-corrected chi connectivity index (χ1v) is 5.90. The molecule has 0 amide bonds. The van der Waals surface area contributed by atoms with E-state index in [0.29, 0.717) is 0 Å². The standard InChI is InChI=1S/C12H23N/c1-9(2)10-7-11-5-4-6-12(8-10)13(11)3/h9-12H,4-8H2,1-3H3/t10?,11-,12+. The molecule has 2 fully saturated rings. The van der Waals surface area contributed by atoms with Crippen molar-refractivity contribution in [3.05, 3.63) is 0 Å². The minimum absolute atomic E-state index is 0.900. The van der Waals surface area contributed by atoms with E-state index in [-0.39, 0.29) is 0 Å². The molecule has 76 valence electrons. The fourth-order valence-corrected chi connectivity index (χ4v) is 3.20. The first kappa shape index (κ1) is 9.51. The number of hydrogen-bond acceptors (Lipinski definition) is 1. The van der Waals surface area contributed by atoms with Gasteiger partial charge in [-0.05, 0) is 44.6 Å². The summed E-state index contributed by atoms with van der Waals surface area (Å²) in [5.74, 6) is 1.91. The summed E-state index contributed by atoms with van der Waals surface area (Å²) in [6, 6.07) is 1.83. The van der Waals surface area contributed by atoms with E-state index in [9.17, 15) is 0 Å². The molecule has 2 rings (SSSR count). The van der Waals surface area contributed by atoms with Crippen LogP contribution in [0.4, 0.5) is 0 Å². The Labute approximate surface area is 82.5 Å². The van der Waals surface area contributed by atoms with Gasteiger partial charge in [0.25, 0.3) is 0 Å². The summed E-state index contributed by atoms with van der Waals surface area (Å²) in [5.41, 5.74) is 0. The first-order chi connectivity index (χ1) is 6.18. The van der Waals surface area contributed by atoms with Crippen LogP contribution in [0.15, 0.2) is 0 Å². The summed E-state index contributed by atoms with van der Waals surface area (Å²) in [5, 5.41) is 0. The second-order valence-electron chi connectivity index (χ2n) is 5.38. The average molecular weight is 181 g/mol. The van der Waals surface area contributed by atoms with Crippen LogP contribution in [-0.2, 0) is 0 Å². The van der Waals surface area contributed by atoms with Gasteiger partial charge in [0.05, 0.1) is 0 Å². The summed E-state index contributed by atoms with van der Waals surface area (Å²) in [6.07, 6.45) is 7.31. The minimum Gasteiger partial charge on any atom is -0.300 e. The Hall–Kier alpha value is -0.0400. The quantitative estimate of drug-likeness (QED) is 0.601. The Morgan fingerprint density at radius 3 is 2.08 bits per heavy atom. The van der Waals surface area contributed by atoms with E-state index in [1.807, 2.05) is 0 Å². The Morgan fingerprint density at radius 1 is 1.08 bits per heavy atom. The van der Waals surface area contributed by atoms with E-state index < -0.39 is 0 Å². The van der Waals surface area contributed by atoms with Crippen LogP contribution in [0.2, 0.25) is 0 Å². The lowest BCUT2D eigenvalue weighted by molar-refractivity contribution is 0.0232. The molecular weight excluding hydrogens is 158 g/mol. The Kier molecular flexibility index (Phi) is 2.64. The van der Waals surface area contributed by atoms with Crippen LogP contribution in [0.5, 0.6) is 0 Å². The summed E-state index contributed by atoms with van der Waals surface area (Å²) in [6.45, 7) is 4.79. The second kappa shape index (κ2) is 3.61. The maximum atomic E-state index is 2.66. The number of hydrogen-bond donors (Lipinski definition) is 0. The Morgan fingerprint density at radius 2 is 1.62 bits per heavy atom. The molecule has 0 saturated carbocycles. The van der Waals surface area contributed by atoms with Crippen molar-refractivity contribution >= 4 is 0 Å². The molecule has 0 aromatic rings. The SMILES string of the molecule is CC(C)C1C[C@H]2CCC[C@@H](C1)N2C. The van der Waals surface area contributed by atoms with Crippen molar-refractivity contribution in [1.29, 1.82) is 0 Å². The number of rotatable bonds is 1. The van der Waals surface area contributed by atoms with Crippen LogP contribution in [0, 0.1) is 11.8 Å². The highest BCUT2D eigenvalue weighted by molar-refractivity contribution is 4.91. The average Bonchev–Trinajstić information content (AvgIpc) is 2.02. The zero-order valence-electron chi connectivity index (χ0n) is 9.29. The smallest absolute Gasteiger partial charge is 0.00979 e. The van der Waals surface area contributed by atoms with Crippen molar-refractivity contribution in [2.24, 2.45) is 11.8 Å².